The molecule has 0 amide bonds. The molecular weight excluding hydrogens is 228 g/mol. The van der Waals surface area contributed by atoms with Crippen LogP contribution in [0.5, 0.6) is 0 Å². The SMILES string of the molecule is COC(=O)c1cc2n(n1)CCC(C(=O)O)C2=O. The van der Waals surface area contributed by atoms with E-state index in [2.05, 4.69) is 9.84 Å². The van der Waals surface area contributed by atoms with Crippen LogP contribution in [0.3, 0.4) is 0 Å². The monoisotopic (exact) mass is 238 g/mol. The summed E-state index contributed by atoms with van der Waals surface area (Å²) in [5, 5.41) is 12.7. The van der Waals surface area contributed by atoms with Gasteiger partial charge in [-0.25, -0.2) is 4.79 Å². The van der Waals surface area contributed by atoms with Crippen molar-refractivity contribution in [3.8, 4) is 0 Å². The summed E-state index contributed by atoms with van der Waals surface area (Å²) < 4.78 is 5.82. The molecule has 0 aliphatic carbocycles. The van der Waals surface area contributed by atoms with Gasteiger partial charge >= 0.3 is 11.9 Å². The summed E-state index contributed by atoms with van der Waals surface area (Å²) in [6.45, 7) is 0.301. The fraction of sp³-hybridized carbons (Fsp3) is 0.400. The van der Waals surface area contributed by atoms with Gasteiger partial charge in [-0.05, 0) is 6.42 Å². The number of carboxylic acids is 1. The smallest absolute Gasteiger partial charge is 0.358 e. The molecule has 0 aromatic carbocycles. The van der Waals surface area contributed by atoms with Crippen LogP contribution in [0.2, 0.25) is 0 Å². The number of Topliss-reactive ketones (excluding diaryl/α,β-unsaturated/α-hetero) is 1. The highest BCUT2D eigenvalue weighted by Crippen LogP contribution is 2.21. The Morgan fingerprint density at radius 2 is 2.29 bits per heavy atom. The minimum absolute atomic E-state index is 0.0156. The normalized spacial score (nSPS) is 18.6. The maximum absolute atomic E-state index is 11.8. The predicted molar refractivity (Wildman–Crippen MR) is 53.6 cm³/mol. The van der Waals surface area contributed by atoms with E-state index in [0.717, 1.165) is 0 Å². The summed E-state index contributed by atoms with van der Waals surface area (Å²) in [4.78, 5) is 33.8. The van der Waals surface area contributed by atoms with Gasteiger partial charge < -0.3 is 9.84 Å². The summed E-state index contributed by atoms with van der Waals surface area (Å²) in [5.41, 5.74) is 0.158. The minimum Gasteiger partial charge on any atom is -0.481 e. The number of ketones is 1. The molecule has 7 heteroatoms. The first-order valence-corrected chi connectivity index (χ1v) is 4.97. The fourth-order valence-corrected chi connectivity index (χ4v) is 1.79. The van der Waals surface area contributed by atoms with E-state index in [9.17, 15) is 14.4 Å². The quantitative estimate of drug-likeness (QED) is 0.573. The summed E-state index contributed by atoms with van der Waals surface area (Å²) in [5.74, 6) is -3.37. The predicted octanol–water partition coefficient (Wildman–Crippen LogP) is -0.0431. The molecule has 0 bridgehead atoms. The van der Waals surface area contributed by atoms with Crippen LogP contribution < -0.4 is 0 Å². The summed E-state index contributed by atoms with van der Waals surface area (Å²) in [6, 6.07) is 1.27. The van der Waals surface area contributed by atoms with Gasteiger partial charge in [-0.2, -0.15) is 5.10 Å². The third-order valence-electron chi connectivity index (χ3n) is 2.67. The van der Waals surface area contributed by atoms with Gasteiger partial charge in [0.15, 0.2) is 11.5 Å². The first kappa shape index (κ1) is 11.3. The average Bonchev–Trinajstić information content (AvgIpc) is 2.72. The number of carbonyl (C=O) groups excluding carboxylic acids is 2. The Hall–Kier alpha value is -2.18. The molecule has 90 valence electrons. The molecule has 2 rings (SSSR count). The maximum atomic E-state index is 11.8. The highest BCUT2D eigenvalue weighted by atomic mass is 16.5. The van der Waals surface area contributed by atoms with Crippen LogP contribution >= 0.6 is 0 Å². The molecule has 1 aliphatic heterocycles. The number of methoxy groups -OCH3 is 1. The average molecular weight is 238 g/mol. The lowest BCUT2D eigenvalue weighted by atomic mass is 9.95. The number of aromatic nitrogens is 2. The summed E-state index contributed by atoms with van der Waals surface area (Å²) in [7, 11) is 1.21. The van der Waals surface area contributed by atoms with Gasteiger partial charge in [0, 0.05) is 12.6 Å². The van der Waals surface area contributed by atoms with Gasteiger partial charge in [-0.3, -0.25) is 14.3 Å². The van der Waals surface area contributed by atoms with Crippen molar-refractivity contribution in [3.05, 3.63) is 17.5 Å². The van der Waals surface area contributed by atoms with E-state index in [-0.39, 0.29) is 17.8 Å². The Morgan fingerprint density at radius 3 is 2.88 bits per heavy atom. The molecule has 1 aliphatic rings. The Labute approximate surface area is 96.0 Å². The van der Waals surface area contributed by atoms with Crippen LogP contribution in [0, 0.1) is 5.92 Å². The van der Waals surface area contributed by atoms with Crippen molar-refractivity contribution in [2.45, 2.75) is 13.0 Å². The molecular formula is C10H10N2O5. The number of rotatable bonds is 2. The third-order valence-corrected chi connectivity index (χ3v) is 2.67. The fourth-order valence-electron chi connectivity index (χ4n) is 1.79. The zero-order chi connectivity index (χ0) is 12.6. The van der Waals surface area contributed by atoms with Crippen LogP contribution in [-0.2, 0) is 16.1 Å². The second kappa shape index (κ2) is 4.00. The van der Waals surface area contributed by atoms with Crippen molar-refractivity contribution in [2.75, 3.05) is 7.11 Å². The number of aryl methyl sites for hydroxylation is 1. The first-order chi connectivity index (χ1) is 8.04. The lowest BCUT2D eigenvalue weighted by molar-refractivity contribution is -0.140. The Kier molecular flexibility index (Phi) is 2.66. The molecule has 17 heavy (non-hydrogen) atoms. The van der Waals surface area contributed by atoms with Gasteiger partial charge in [0.1, 0.15) is 11.6 Å². The molecule has 0 spiro atoms. The van der Waals surface area contributed by atoms with E-state index in [1.54, 1.807) is 0 Å². The number of ether oxygens (including phenoxy) is 1. The van der Waals surface area contributed by atoms with Crippen molar-refractivity contribution in [1.29, 1.82) is 0 Å². The van der Waals surface area contributed by atoms with Crippen LogP contribution in [0.15, 0.2) is 6.07 Å². The molecule has 1 N–H and O–H groups in total. The molecule has 0 fully saturated rings. The topological polar surface area (TPSA) is 98.5 Å². The van der Waals surface area contributed by atoms with Crippen molar-refractivity contribution in [2.24, 2.45) is 5.92 Å². The van der Waals surface area contributed by atoms with E-state index >= 15 is 0 Å². The number of fused-ring (bicyclic) bond motifs is 1. The number of carbonyl (C=O) groups is 3. The van der Waals surface area contributed by atoms with Crippen LogP contribution in [-0.4, -0.2) is 39.7 Å². The Balaban J connectivity index is 2.37. The van der Waals surface area contributed by atoms with Gasteiger partial charge in [0.05, 0.1) is 7.11 Å². The largest absolute Gasteiger partial charge is 0.481 e. The molecule has 0 radical (unpaired) electrons. The van der Waals surface area contributed by atoms with Crippen LogP contribution in [0.25, 0.3) is 0 Å². The van der Waals surface area contributed by atoms with Gasteiger partial charge in [0.2, 0.25) is 0 Å². The zero-order valence-corrected chi connectivity index (χ0v) is 9.04. The van der Waals surface area contributed by atoms with Gasteiger partial charge in [-0.15, -0.1) is 0 Å². The molecule has 1 aromatic heterocycles. The summed E-state index contributed by atoms with van der Waals surface area (Å²) in [6.07, 6.45) is 0.184. The Bertz CT molecular complexity index is 505. The lowest BCUT2D eigenvalue weighted by Crippen LogP contribution is -2.32. The number of esters is 1. The molecule has 1 unspecified atom stereocenters. The second-order valence-corrected chi connectivity index (χ2v) is 3.67. The van der Waals surface area contributed by atoms with E-state index in [4.69, 9.17) is 5.11 Å². The first-order valence-electron chi connectivity index (χ1n) is 4.97. The lowest BCUT2D eigenvalue weighted by Gasteiger charge is -2.17. The number of nitrogens with zero attached hydrogens (tertiary/aromatic N) is 2. The Morgan fingerprint density at radius 1 is 1.59 bits per heavy atom. The van der Waals surface area contributed by atoms with Crippen molar-refractivity contribution >= 4 is 17.7 Å². The van der Waals surface area contributed by atoms with Crippen LogP contribution in [0.1, 0.15) is 27.4 Å². The minimum atomic E-state index is -1.15. The molecule has 1 aromatic rings. The zero-order valence-electron chi connectivity index (χ0n) is 9.04. The number of carboxylic acid groups (broad SMARTS) is 1. The number of hydrogen-bond acceptors (Lipinski definition) is 5. The molecule has 1 atom stereocenters. The summed E-state index contributed by atoms with van der Waals surface area (Å²) >= 11 is 0. The van der Waals surface area contributed by atoms with Crippen molar-refractivity contribution in [1.82, 2.24) is 9.78 Å². The molecule has 0 saturated heterocycles. The van der Waals surface area contributed by atoms with E-state index in [1.165, 1.54) is 17.9 Å². The molecule has 7 nitrogen and oxygen atoms in total. The van der Waals surface area contributed by atoms with Gasteiger partial charge in [0.25, 0.3) is 0 Å². The van der Waals surface area contributed by atoms with E-state index in [0.29, 0.717) is 6.54 Å². The molecule has 2 heterocycles. The van der Waals surface area contributed by atoms with Gasteiger partial charge in [-0.1, -0.05) is 0 Å². The highest BCUT2D eigenvalue weighted by Gasteiger charge is 2.34. The second-order valence-electron chi connectivity index (χ2n) is 3.67. The number of hydrogen-bond donors (Lipinski definition) is 1. The van der Waals surface area contributed by atoms with E-state index < -0.39 is 23.6 Å². The third kappa shape index (κ3) is 1.79. The van der Waals surface area contributed by atoms with E-state index in [1.807, 2.05) is 0 Å². The van der Waals surface area contributed by atoms with Crippen molar-refractivity contribution < 1.29 is 24.2 Å². The maximum Gasteiger partial charge on any atom is 0.358 e. The van der Waals surface area contributed by atoms with Crippen molar-refractivity contribution in [3.63, 3.8) is 0 Å². The number of aliphatic carboxylic acids is 1. The van der Waals surface area contributed by atoms with Crippen LogP contribution in [0.4, 0.5) is 0 Å². The standard InChI is InChI=1S/C10H10N2O5/c1-17-10(16)6-4-7-8(13)5(9(14)15)2-3-12(7)11-6/h4-5H,2-3H2,1H3,(H,14,15). The molecule has 0 saturated carbocycles. The highest BCUT2D eigenvalue weighted by molar-refractivity contribution is 6.08.